The van der Waals surface area contributed by atoms with Crippen molar-refractivity contribution in [3.05, 3.63) is 69.5 Å². The quantitative estimate of drug-likeness (QED) is 0.430. The van der Waals surface area contributed by atoms with Crippen LogP contribution in [0.3, 0.4) is 0 Å². The zero-order valence-corrected chi connectivity index (χ0v) is 19.7. The van der Waals surface area contributed by atoms with Crippen LogP contribution in [0.4, 0.5) is 5.00 Å². The van der Waals surface area contributed by atoms with Crippen molar-refractivity contribution in [2.45, 2.75) is 39.7 Å². The minimum Gasteiger partial charge on any atom is -0.486 e. The molecule has 9 heteroatoms. The van der Waals surface area contributed by atoms with Crippen molar-refractivity contribution < 1.29 is 28.3 Å². The number of benzene rings is 1. The van der Waals surface area contributed by atoms with E-state index in [0.29, 0.717) is 23.0 Å². The van der Waals surface area contributed by atoms with E-state index < -0.39 is 17.8 Å². The number of hydrogen-bond acceptors (Lipinski definition) is 7. The molecule has 3 aromatic rings. The molecule has 0 radical (unpaired) electrons. The molecule has 0 aliphatic rings. The highest BCUT2D eigenvalue weighted by atomic mass is 32.1. The van der Waals surface area contributed by atoms with Gasteiger partial charge in [-0.25, -0.2) is 4.79 Å². The van der Waals surface area contributed by atoms with Crippen LogP contribution in [0.5, 0.6) is 5.75 Å². The summed E-state index contributed by atoms with van der Waals surface area (Å²) in [5, 5.41) is 2.76. The fourth-order valence-corrected chi connectivity index (χ4v) is 4.25. The number of esters is 1. The van der Waals surface area contributed by atoms with Gasteiger partial charge in [-0.15, -0.1) is 11.3 Å². The molecule has 0 saturated carbocycles. The molecule has 174 valence electrons. The van der Waals surface area contributed by atoms with Crippen molar-refractivity contribution in [2.24, 2.45) is 5.73 Å². The van der Waals surface area contributed by atoms with E-state index in [0.717, 1.165) is 17.8 Å². The normalized spacial score (nSPS) is 11.6. The highest BCUT2D eigenvalue weighted by Crippen LogP contribution is 2.34. The number of carbonyl (C=O) groups excluding carboxylic acids is 3. The number of furan rings is 1. The number of methoxy groups -OCH3 is 1. The zero-order valence-electron chi connectivity index (χ0n) is 18.9. The van der Waals surface area contributed by atoms with E-state index in [9.17, 15) is 14.4 Å². The lowest BCUT2D eigenvalue weighted by atomic mass is 9.99. The molecular formula is C24H26N2O6S. The first-order chi connectivity index (χ1) is 15.7. The van der Waals surface area contributed by atoms with Gasteiger partial charge >= 0.3 is 5.97 Å². The Morgan fingerprint density at radius 2 is 1.85 bits per heavy atom. The molecule has 1 aromatic carbocycles. The lowest BCUT2D eigenvalue weighted by molar-refractivity contribution is 0.0601. The topological polar surface area (TPSA) is 121 Å². The average molecular weight is 471 g/mol. The minimum atomic E-state index is -0.697. The smallest absolute Gasteiger partial charge is 0.341 e. The molecule has 1 atom stereocenters. The summed E-state index contributed by atoms with van der Waals surface area (Å²) in [5.74, 6) is -0.294. The predicted octanol–water partition coefficient (Wildman–Crippen LogP) is 4.88. The van der Waals surface area contributed by atoms with Crippen LogP contribution < -0.4 is 15.8 Å². The zero-order chi connectivity index (χ0) is 24.1. The molecule has 0 aliphatic heterocycles. The number of primary amides is 1. The summed E-state index contributed by atoms with van der Waals surface area (Å²) in [6.07, 6.45) is 1.06. The first-order valence-corrected chi connectivity index (χ1v) is 11.2. The van der Waals surface area contributed by atoms with Gasteiger partial charge in [-0.3, -0.25) is 9.59 Å². The second-order valence-corrected chi connectivity index (χ2v) is 8.52. The summed E-state index contributed by atoms with van der Waals surface area (Å²) in [5.41, 5.74) is 7.05. The Morgan fingerprint density at radius 3 is 2.45 bits per heavy atom. The van der Waals surface area contributed by atoms with Crippen molar-refractivity contribution >= 4 is 34.1 Å². The van der Waals surface area contributed by atoms with Crippen molar-refractivity contribution in [1.29, 1.82) is 0 Å². The first-order valence-electron chi connectivity index (χ1n) is 10.4. The van der Waals surface area contributed by atoms with Gasteiger partial charge in [0.25, 0.3) is 11.8 Å². The molecule has 2 amide bonds. The maximum absolute atomic E-state index is 12.7. The summed E-state index contributed by atoms with van der Waals surface area (Å²) in [6.45, 7) is 6.03. The molecule has 3 N–H and O–H groups in total. The van der Waals surface area contributed by atoms with Crippen LogP contribution >= 0.6 is 11.3 Å². The number of carbonyl (C=O) groups is 3. The number of nitrogens with one attached hydrogen (secondary N) is 1. The third-order valence-electron chi connectivity index (χ3n) is 5.32. The standard InChI is InChI=1S/C24H26N2O6S/c1-5-13(2)15-6-8-16(9-7-15)31-12-17-10-11-18(32-17)22(28)26-23-19(24(29)30-4)14(3)20(33-23)21(25)27/h6-11,13H,5,12H2,1-4H3,(H2,25,27)(H,26,28). The summed E-state index contributed by atoms with van der Waals surface area (Å²) < 4.78 is 16.1. The van der Waals surface area contributed by atoms with E-state index in [2.05, 4.69) is 19.2 Å². The third kappa shape index (κ3) is 5.43. The maximum Gasteiger partial charge on any atom is 0.341 e. The van der Waals surface area contributed by atoms with Gasteiger partial charge in [0.1, 0.15) is 23.1 Å². The van der Waals surface area contributed by atoms with E-state index >= 15 is 0 Å². The van der Waals surface area contributed by atoms with Crippen LogP contribution in [-0.2, 0) is 11.3 Å². The molecule has 3 rings (SSSR count). The fourth-order valence-electron chi connectivity index (χ4n) is 3.21. The van der Waals surface area contributed by atoms with Crippen LogP contribution in [0, 0.1) is 6.92 Å². The Kier molecular flexibility index (Phi) is 7.55. The molecular weight excluding hydrogens is 444 g/mol. The molecule has 1 unspecified atom stereocenters. The van der Waals surface area contributed by atoms with E-state index in [4.69, 9.17) is 19.6 Å². The van der Waals surface area contributed by atoms with Crippen molar-refractivity contribution in [3.63, 3.8) is 0 Å². The Morgan fingerprint density at radius 1 is 1.15 bits per heavy atom. The largest absolute Gasteiger partial charge is 0.486 e. The van der Waals surface area contributed by atoms with E-state index in [1.54, 1.807) is 13.0 Å². The number of amides is 2. The molecule has 2 aromatic heterocycles. The molecule has 0 fully saturated rings. The fraction of sp³-hybridized carbons (Fsp3) is 0.292. The number of ether oxygens (including phenoxy) is 2. The van der Waals surface area contributed by atoms with Crippen molar-refractivity contribution in [1.82, 2.24) is 0 Å². The molecule has 0 spiro atoms. The molecule has 0 saturated heterocycles. The highest BCUT2D eigenvalue weighted by molar-refractivity contribution is 7.18. The number of hydrogen-bond donors (Lipinski definition) is 2. The van der Waals surface area contributed by atoms with Gasteiger partial charge in [0.05, 0.1) is 17.6 Å². The molecule has 33 heavy (non-hydrogen) atoms. The summed E-state index contributed by atoms with van der Waals surface area (Å²) >= 11 is 0.906. The van der Waals surface area contributed by atoms with Crippen molar-refractivity contribution in [3.8, 4) is 5.75 Å². The lowest BCUT2D eigenvalue weighted by Crippen LogP contribution is -2.14. The van der Waals surface area contributed by atoms with Crippen LogP contribution in [0.2, 0.25) is 0 Å². The monoisotopic (exact) mass is 470 g/mol. The van der Waals surface area contributed by atoms with Crippen LogP contribution in [-0.4, -0.2) is 24.9 Å². The van der Waals surface area contributed by atoms with Gasteiger partial charge < -0.3 is 24.9 Å². The SMILES string of the molecule is CCC(C)c1ccc(OCc2ccc(C(=O)Nc3sc(C(N)=O)c(C)c3C(=O)OC)o2)cc1. The Hall–Kier alpha value is -3.59. The second kappa shape index (κ2) is 10.4. The van der Waals surface area contributed by atoms with Crippen LogP contribution in [0.1, 0.15) is 73.7 Å². The summed E-state index contributed by atoms with van der Waals surface area (Å²) in [6, 6.07) is 11.0. The van der Waals surface area contributed by atoms with Crippen molar-refractivity contribution in [2.75, 3.05) is 12.4 Å². The number of nitrogens with two attached hydrogens (primary N) is 1. The van der Waals surface area contributed by atoms with Gasteiger partial charge in [0.15, 0.2) is 5.76 Å². The molecule has 0 aliphatic carbocycles. The predicted molar refractivity (Wildman–Crippen MR) is 125 cm³/mol. The summed E-state index contributed by atoms with van der Waals surface area (Å²) in [4.78, 5) is 36.6. The van der Waals surface area contributed by atoms with Gasteiger partial charge in [0, 0.05) is 0 Å². The number of thiophene rings is 1. The summed E-state index contributed by atoms with van der Waals surface area (Å²) in [7, 11) is 1.21. The maximum atomic E-state index is 12.7. The van der Waals surface area contributed by atoms with Crippen LogP contribution in [0.25, 0.3) is 0 Å². The minimum absolute atomic E-state index is 0.0308. The third-order valence-corrected chi connectivity index (χ3v) is 6.54. The van der Waals surface area contributed by atoms with Gasteiger partial charge in [0.2, 0.25) is 0 Å². The van der Waals surface area contributed by atoms with Gasteiger partial charge in [-0.05, 0) is 54.7 Å². The first kappa shape index (κ1) is 24.1. The number of anilines is 1. The van der Waals surface area contributed by atoms with Gasteiger partial charge in [-0.2, -0.15) is 0 Å². The molecule has 8 nitrogen and oxygen atoms in total. The highest BCUT2D eigenvalue weighted by Gasteiger charge is 2.26. The molecule has 0 bridgehead atoms. The van der Waals surface area contributed by atoms with Gasteiger partial charge in [-0.1, -0.05) is 26.0 Å². The van der Waals surface area contributed by atoms with E-state index in [1.807, 2.05) is 24.3 Å². The lowest BCUT2D eigenvalue weighted by Gasteiger charge is -2.10. The average Bonchev–Trinajstić information content (AvgIpc) is 3.41. The van der Waals surface area contributed by atoms with E-state index in [1.165, 1.54) is 18.7 Å². The second-order valence-electron chi connectivity index (χ2n) is 7.50. The Bertz CT molecular complexity index is 1160. The number of rotatable bonds is 9. The molecule has 2 heterocycles. The van der Waals surface area contributed by atoms with Crippen LogP contribution in [0.15, 0.2) is 40.8 Å². The Balaban J connectivity index is 1.68. The van der Waals surface area contributed by atoms with E-state index in [-0.39, 0.29) is 27.8 Å². The Labute approximate surface area is 195 Å².